The maximum Gasteiger partial charge on any atom is 0.326 e. The van der Waals surface area contributed by atoms with Crippen LogP contribution in [0.4, 0.5) is 22.2 Å². The summed E-state index contributed by atoms with van der Waals surface area (Å²) in [7, 11) is 1.95. The predicted molar refractivity (Wildman–Crippen MR) is 102 cm³/mol. The van der Waals surface area contributed by atoms with Crippen LogP contribution in [0.2, 0.25) is 0 Å². The molecule has 2 rings (SSSR count). The van der Waals surface area contributed by atoms with E-state index in [9.17, 15) is 4.79 Å². The van der Waals surface area contributed by atoms with Crippen molar-refractivity contribution in [1.29, 1.82) is 0 Å². The third kappa shape index (κ3) is 6.76. The van der Waals surface area contributed by atoms with E-state index in [0.717, 1.165) is 42.9 Å². The average Bonchev–Trinajstić information content (AvgIpc) is 2.54. The molecule has 7 heteroatoms. The van der Waals surface area contributed by atoms with Gasteiger partial charge in [-0.15, -0.1) is 0 Å². The SMILES string of the molecule is CNCCCCNc1cc(C)nc(NC(=O)Nc2cccc(C)c2)n1. The van der Waals surface area contributed by atoms with Gasteiger partial charge < -0.3 is 16.0 Å². The van der Waals surface area contributed by atoms with Gasteiger partial charge in [0.2, 0.25) is 5.95 Å². The molecule has 2 amide bonds. The van der Waals surface area contributed by atoms with Crippen LogP contribution in [0.1, 0.15) is 24.1 Å². The van der Waals surface area contributed by atoms with Gasteiger partial charge in [-0.25, -0.2) is 9.78 Å². The number of nitrogens with one attached hydrogen (secondary N) is 4. The van der Waals surface area contributed by atoms with Crippen LogP contribution >= 0.6 is 0 Å². The summed E-state index contributed by atoms with van der Waals surface area (Å²) >= 11 is 0. The van der Waals surface area contributed by atoms with Crippen molar-refractivity contribution >= 4 is 23.5 Å². The minimum absolute atomic E-state index is 0.280. The third-order valence-electron chi connectivity index (χ3n) is 3.52. The zero-order valence-electron chi connectivity index (χ0n) is 15.0. The average molecular weight is 342 g/mol. The molecule has 0 bridgehead atoms. The van der Waals surface area contributed by atoms with Crippen molar-refractivity contribution < 1.29 is 4.79 Å². The van der Waals surface area contributed by atoms with Crippen molar-refractivity contribution in [3.05, 3.63) is 41.6 Å². The largest absolute Gasteiger partial charge is 0.370 e. The smallest absolute Gasteiger partial charge is 0.326 e. The molecule has 0 aliphatic rings. The number of amides is 2. The van der Waals surface area contributed by atoms with E-state index in [0.29, 0.717) is 5.82 Å². The number of anilines is 3. The second kappa shape index (κ2) is 9.58. The number of carbonyl (C=O) groups is 1. The fourth-order valence-corrected chi connectivity index (χ4v) is 2.34. The summed E-state index contributed by atoms with van der Waals surface area (Å²) < 4.78 is 0. The molecule has 2 aromatic rings. The molecule has 134 valence electrons. The summed E-state index contributed by atoms with van der Waals surface area (Å²) in [5, 5.41) is 11.8. The molecule has 0 aliphatic carbocycles. The van der Waals surface area contributed by atoms with E-state index in [4.69, 9.17) is 0 Å². The number of hydrogen-bond acceptors (Lipinski definition) is 5. The topological polar surface area (TPSA) is 91.0 Å². The first-order chi connectivity index (χ1) is 12.1. The van der Waals surface area contributed by atoms with Crippen LogP contribution in [0, 0.1) is 13.8 Å². The van der Waals surface area contributed by atoms with Crippen molar-refractivity contribution in [2.45, 2.75) is 26.7 Å². The van der Waals surface area contributed by atoms with Crippen LogP contribution in [0.25, 0.3) is 0 Å². The van der Waals surface area contributed by atoms with E-state index in [2.05, 4.69) is 31.2 Å². The first-order valence-electron chi connectivity index (χ1n) is 8.45. The van der Waals surface area contributed by atoms with Gasteiger partial charge in [0.1, 0.15) is 5.82 Å². The Kier molecular flexibility index (Phi) is 7.16. The first kappa shape index (κ1) is 18.7. The van der Waals surface area contributed by atoms with E-state index in [1.54, 1.807) is 0 Å². The molecule has 0 radical (unpaired) electrons. The van der Waals surface area contributed by atoms with Crippen LogP contribution in [0.5, 0.6) is 0 Å². The van der Waals surface area contributed by atoms with E-state index in [-0.39, 0.29) is 12.0 Å². The number of nitrogens with zero attached hydrogens (tertiary/aromatic N) is 2. The molecule has 7 nitrogen and oxygen atoms in total. The molecule has 0 unspecified atom stereocenters. The van der Waals surface area contributed by atoms with Gasteiger partial charge >= 0.3 is 6.03 Å². The van der Waals surface area contributed by atoms with Crippen LogP contribution in [-0.4, -0.2) is 36.1 Å². The zero-order valence-corrected chi connectivity index (χ0v) is 15.0. The number of urea groups is 1. The van der Waals surface area contributed by atoms with Gasteiger partial charge in [0, 0.05) is 24.0 Å². The van der Waals surface area contributed by atoms with Crippen molar-refractivity contribution in [1.82, 2.24) is 15.3 Å². The fraction of sp³-hybridized carbons (Fsp3) is 0.389. The summed E-state index contributed by atoms with van der Waals surface area (Å²) in [6, 6.07) is 9.10. The van der Waals surface area contributed by atoms with Gasteiger partial charge in [-0.05, 0) is 58.0 Å². The molecule has 0 saturated carbocycles. The van der Waals surface area contributed by atoms with Gasteiger partial charge in [0.15, 0.2) is 0 Å². The summed E-state index contributed by atoms with van der Waals surface area (Å²) in [6.45, 7) is 5.67. The molecule has 1 heterocycles. The molecule has 1 aromatic heterocycles. The highest BCUT2D eigenvalue weighted by molar-refractivity contribution is 5.98. The Labute approximate surface area is 148 Å². The number of carbonyl (C=O) groups excluding carboxylic acids is 1. The normalized spacial score (nSPS) is 10.4. The summed E-state index contributed by atoms with van der Waals surface area (Å²) in [6.07, 6.45) is 2.14. The van der Waals surface area contributed by atoms with E-state index in [1.165, 1.54) is 0 Å². The Morgan fingerprint density at radius 1 is 1.04 bits per heavy atom. The van der Waals surface area contributed by atoms with Crippen molar-refractivity contribution in [3.63, 3.8) is 0 Å². The lowest BCUT2D eigenvalue weighted by Gasteiger charge is -2.10. The molecule has 0 atom stereocenters. The monoisotopic (exact) mass is 342 g/mol. The number of rotatable bonds is 8. The number of aromatic nitrogens is 2. The third-order valence-corrected chi connectivity index (χ3v) is 3.52. The van der Waals surface area contributed by atoms with Gasteiger partial charge in [0.25, 0.3) is 0 Å². The van der Waals surface area contributed by atoms with E-state index < -0.39 is 0 Å². The first-order valence-corrected chi connectivity index (χ1v) is 8.45. The summed E-state index contributed by atoms with van der Waals surface area (Å²) in [4.78, 5) is 20.7. The molecule has 0 fully saturated rings. The number of unbranched alkanes of at least 4 members (excludes halogenated alkanes) is 1. The molecule has 0 saturated heterocycles. The van der Waals surface area contributed by atoms with Crippen molar-refractivity contribution in [2.24, 2.45) is 0 Å². The number of aryl methyl sites for hydroxylation is 2. The van der Waals surface area contributed by atoms with Crippen LogP contribution in [0.3, 0.4) is 0 Å². The maximum atomic E-state index is 12.1. The highest BCUT2D eigenvalue weighted by atomic mass is 16.2. The van der Waals surface area contributed by atoms with Crippen LogP contribution in [-0.2, 0) is 0 Å². The van der Waals surface area contributed by atoms with Crippen LogP contribution < -0.4 is 21.3 Å². The molecule has 0 spiro atoms. The summed E-state index contributed by atoms with van der Waals surface area (Å²) in [5.41, 5.74) is 2.60. The minimum Gasteiger partial charge on any atom is -0.370 e. The highest BCUT2D eigenvalue weighted by Crippen LogP contribution is 2.12. The number of benzene rings is 1. The second-order valence-corrected chi connectivity index (χ2v) is 5.90. The van der Waals surface area contributed by atoms with Crippen molar-refractivity contribution in [2.75, 3.05) is 36.1 Å². The Bertz CT molecular complexity index is 704. The van der Waals surface area contributed by atoms with Gasteiger partial charge in [-0.3, -0.25) is 5.32 Å². The van der Waals surface area contributed by atoms with Crippen LogP contribution in [0.15, 0.2) is 30.3 Å². The molecular weight excluding hydrogens is 316 g/mol. The second-order valence-electron chi connectivity index (χ2n) is 5.90. The lowest BCUT2D eigenvalue weighted by atomic mass is 10.2. The minimum atomic E-state index is -0.365. The fourth-order valence-electron chi connectivity index (χ4n) is 2.34. The molecule has 4 N–H and O–H groups in total. The quantitative estimate of drug-likeness (QED) is 0.553. The van der Waals surface area contributed by atoms with E-state index in [1.807, 2.05) is 51.2 Å². The zero-order chi connectivity index (χ0) is 18.1. The molecular formula is C18H26N6O. The molecule has 25 heavy (non-hydrogen) atoms. The lowest BCUT2D eigenvalue weighted by molar-refractivity contribution is 0.262. The molecule has 0 aliphatic heterocycles. The Balaban J connectivity index is 1.91. The van der Waals surface area contributed by atoms with Gasteiger partial charge in [-0.2, -0.15) is 4.98 Å². The lowest BCUT2D eigenvalue weighted by Crippen LogP contribution is -2.21. The van der Waals surface area contributed by atoms with Gasteiger partial charge in [-0.1, -0.05) is 12.1 Å². The number of hydrogen-bond donors (Lipinski definition) is 4. The van der Waals surface area contributed by atoms with E-state index >= 15 is 0 Å². The molecule has 1 aromatic carbocycles. The van der Waals surface area contributed by atoms with Gasteiger partial charge in [0.05, 0.1) is 0 Å². The van der Waals surface area contributed by atoms with Crippen molar-refractivity contribution in [3.8, 4) is 0 Å². The Hall–Kier alpha value is -2.67. The Morgan fingerprint density at radius 2 is 1.84 bits per heavy atom. The predicted octanol–water partition coefficient (Wildman–Crippen LogP) is 3.15. The summed E-state index contributed by atoms with van der Waals surface area (Å²) in [5.74, 6) is 0.991. The maximum absolute atomic E-state index is 12.1. The Morgan fingerprint density at radius 3 is 2.60 bits per heavy atom. The standard InChI is InChI=1S/C18H26N6O/c1-13-7-6-8-15(11-13)22-18(25)24-17-21-14(2)12-16(23-17)20-10-5-4-9-19-3/h6-8,11-12,19H,4-5,9-10H2,1-3H3,(H3,20,21,22,23,24,25). The highest BCUT2D eigenvalue weighted by Gasteiger charge is 2.07.